The summed E-state index contributed by atoms with van der Waals surface area (Å²) in [7, 11) is 0. The zero-order valence-corrected chi connectivity index (χ0v) is 22.2. The Bertz CT molecular complexity index is 1250. The number of alkyl halides is 3. The second-order valence-electron chi connectivity index (χ2n) is 10.0. The predicted molar refractivity (Wildman–Crippen MR) is 132 cm³/mol. The normalized spacial score (nSPS) is 16.9. The molecule has 0 saturated carbocycles. The third kappa shape index (κ3) is 7.77. The number of halogens is 6. The lowest BCUT2D eigenvalue weighted by Gasteiger charge is -2.30. The van der Waals surface area contributed by atoms with Gasteiger partial charge in [0.1, 0.15) is 5.82 Å². The molecule has 2 aromatic rings. The molecule has 226 valence electrons. The first-order valence-corrected chi connectivity index (χ1v) is 13.2. The molecule has 0 unspecified atom stereocenters. The number of imidazole rings is 1. The molecule has 1 amide bonds. The Morgan fingerprint density at radius 2 is 1.73 bits per heavy atom. The van der Waals surface area contributed by atoms with Gasteiger partial charge in [-0.25, -0.2) is 22.9 Å². The Morgan fingerprint density at radius 3 is 2.44 bits per heavy atom. The third-order valence-corrected chi connectivity index (χ3v) is 7.02. The number of nitrogens with two attached hydrogens (primary N) is 1. The van der Waals surface area contributed by atoms with E-state index < -0.39 is 53.1 Å². The van der Waals surface area contributed by atoms with E-state index in [0.717, 1.165) is 30.6 Å². The van der Waals surface area contributed by atoms with Crippen molar-refractivity contribution in [2.75, 3.05) is 46.0 Å². The first-order chi connectivity index (χ1) is 19.4. The summed E-state index contributed by atoms with van der Waals surface area (Å²) in [5, 5.41) is 0. The quantitative estimate of drug-likeness (QED) is 0.196. The summed E-state index contributed by atoms with van der Waals surface area (Å²) in [6, 6.07) is 0.0584. The lowest BCUT2D eigenvalue weighted by molar-refractivity contribution is -0.148. The van der Waals surface area contributed by atoms with Crippen molar-refractivity contribution in [3.8, 4) is 0 Å². The van der Waals surface area contributed by atoms with Crippen LogP contribution in [0.2, 0.25) is 0 Å². The van der Waals surface area contributed by atoms with E-state index in [0.29, 0.717) is 31.8 Å². The number of fused-ring (bicyclic) bond motifs is 1. The molecule has 0 spiro atoms. The predicted octanol–water partition coefficient (Wildman–Crippen LogP) is 2.89. The highest BCUT2D eigenvalue weighted by molar-refractivity contribution is 5.89. The molecular formula is C26H31F6N5O4. The number of amides is 1. The summed E-state index contributed by atoms with van der Waals surface area (Å²) in [4.78, 5) is 32.6. The number of rotatable bonds is 10. The fraction of sp³-hybridized carbons (Fsp3) is 0.577. The van der Waals surface area contributed by atoms with Crippen LogP contribution < -0.4 is 5.73 Å². The van der Waals surface area contributed by atoms with Gasteiger partial charge in [-0.05, 0) is 37.4 Å². The molecule has 3 heterocycles. The summed E-state index contributed by atoms with van der Waals surface area (Å²) < 4.78 is 93.1. The second kappa shape index (κ2) is 13.2. The van der Waals surface area contributed by atoms with Crippen LogP contribution in [-0.2, 0) is 40.0 Å². The van der Waals surface area contributed by atoms with Crippen LogP contribution in [0.1, 0.15) is 46.8 Å². The molecule has 4 rings (SSSR count). The number of benzene rings is 1. The Morgan fingerprint density at radius 1 is 1.02 bits per heavy atom. The van der Waals surface area contributed by atoms with Gasteiger partial charge in [0.15, 0.2) is 17.3 Å². The molecule has 0 radical (unpaired) electrons. The molecule has 41 heavy (non-hydrogen) atoms. The Balaban J connectivity index is 1.37. The summed E-state index contributed by atoms with van der Waals surface area (Å²) >= 11 is 0. The fourth-order valence-electron chi connectivity index (χ4n) is 4.88. The molecule has 0 bridgehead atoms. The number of nitrogens with zero attached hydrogens (tertiary/aromatic N) is 4. The summed E-state index contributed by atoms with van der Waals surface area (Å²) in [5.41, 5.74) is 5.10. The van der Waals surface area contributed by atoms with Crippen LogP contribution >= 0.6 is 0 Å². The van der Waals surface area contributed by atoms with Gasteiger partial charge in [-0.1, -0.05) is 0 Å². The number of hydrogen-bond acceptors (Lipinski definition) is 7. The lowest BCUT2D eigenvalue weighted by atomic mass is 10.0. The SMILES string of the molecule is N[C@@H](CC(=O)N1CCn2c(C(F)(F)F)nc(C(=O)OCCCCN3CCOCC3)c2C1)Cc1cc(F)c(F)cc1F. The monoisotopic (exact) mass is 591 g/mol. The molecule has 15 heteroatoms. The van der Waals surface area contributed by atoms with E-state index in [1.54, 1.807) is 0 Å². The Hall–Kier alpha value is -3.17. The van der Waals surface area contributed by atoms with E-state index in [4.69, 9.17) is 15.2 Å². The minimum Gasteiger partial charge on any atom is -0.461 e. The molecule has 2 aliphatic rings. The van der Waals surface area contributed by atoms with Crippen LogP contribution in [0.25, 0.3) is 0 Å². The molecule has 0 aliphatic carbocycles. The van der Waals surface area contributed by atoms with Gasteiger partial charge in [0.25, 0.3) is 0 Å². The molecule has 1 saturated heterocycles. The maximum Gasteiger partial charge on any atom is 0.449 e. The summed E-state index contributed by atoms with van der Waals surface area (Å²) in [5.74, 6) is -6.48. The molecule has 1 fully saturated rings. The van der Waals surface area contributed by atoms with Gasteiger partial charge in [0.2, 0.25) is 11.7 Å². The topological polar surface area (TPSA) is 103 Å². The zero-order chi connectivity index (χ0) is 29.7. The number of ether oxygens (including phenoxy) is 2. The van der Waals surface area contributed by atoms with Gasteiger partial charge in [-0.3, -0.25) is 9.69 Å². The lowest BCUT2D eigenvalue weighted by Crippen LogP contribution is -2.42. The molecule has 2 aliphatic heterocycles. The molecule has 1 atom stereocenters. The van der Waals surface area contributed by atoms with E-state index in [-0.39, 0.29) is 50.3 Å². The number of aromatic nitrogens is 2. The molecule has 2 N–H and O–H groups in total. The minimum atomic E-state index is -4.84. The van der Waals surface area contributed by atoms with Crippen molar-refractivity contribution in [2.45, 2.75) is 51.0 Å². The molecular weight excluding hydrogens is 560 g/mol. The number of esters is 1. The van der Waals surface area contributed by atoms with E-state index >= 15 is 0 Å². The van der Waals surface area contributed by atoms with Crippen molar-refractivity contribution in [2.24, 2.45) is 5.73 Å². The minimum absolute atomic E-state index is 0.00510. The van der Waals surface area contributed by atoms with Crippen molar-refractivity contribution < 1.29 is 45.4 Å². The van der Waals surface area contributed by atoms with Gasteiger partial charge < -0.3 is 24.7 Å². The smallest absolute Gasteiger partial charge is 0.449 e. The van der Waals surface area contributed by atoms with Gasteiger partial charge in [-0.2, -0.15) is 13.2 Å². The first kappa shape index (κ1) is 30.8. The second-order valence-corrected chi connectivity index (χ2v) is 10.0. The van der Waals surface area contributed by atoms with Crippen LogP contribution in [0.15, 0.2) is 12.1 Å². The molecule has 1 aromatic heterocycles. The average Bonchev–Trinajstić information content (AvgIpc) is 3.32. The van der Waals surface area contributed by atoms with Gasteiger partial charge in [0, 0.05) is 44.7 Å². The van der Waals surface area contributed by atoms with E-state index in [2.05, 4.69) is 9.88 Å². The molecule has 1 aromatic carbocycles. The van der Waals surface area contributed by atoms with Crippen molar-refractivity contribution >= 4 is 11.9 Å². The van der Waals surface area contributed by atoms with E-state index in [1.807, 2.05) is 0 Å². The first-order valence-electron chi connectivity index (χ1n) is 13.2. The summed E-state index contributed by atoms with van der Waals surface area (Å²) in [6.07, 6.45) is -4.23. The number of morpholine rings is 1. The number of hydrogen-bond donors (Lipinski definition) is 1. The van der Waals surface area contributed by atoms with Gasteiger partial charge in [-0.15, -0.1) is 0 Å². The Kier molecular flexibility index (Phi) is 9.92. The van der Waals surface area contributed by atoms with Crippen molar-refractivity contribution in [1.82, 2.24) is 19.4 Å². The van der Waals surface area contributed by atoms with Crippen LogP contribution in [0.4, 0.5) is 26.3 Å². The highest BCUT2D eigenvalue weighted by atomic mass is 19.4. The van der Waals surface area contributed by atoms with Crippen molar-refractivity contribution in [3.05, 3.63) is 52.4 Å². The van der Waals surface area contributed by atoms with Gasteiger partial charge in [0.05, 0.1) is 32.1 Å². The van der Waals surface area contributed by atoms with Gasteiger partial charge >= 0.3 is 12.1 Å². The number of carbonyl (C=O) groups is 2. The maximum atomic E-state index is 14.0. The van der Waals surface area contributed by atoms with E-state index in [9.17, 15) is 35.9 Å². The fourth-order valence-corrected chi connectivity index (χ4v) is 4.88. The largest absolute Gasteiger partial charge is 0.461 e. The van der Waals surface area contributed by atoms with Crippen molar-refractivity contribution in [1.29, 1.82) is 0 Å². The maximum absolute atomic E-state index is 14.0. The Labute approximate surface area is 232 Å². The van der Waals surface area contributed by atoms with Crippen LogP contribution in [0.3, 0.4) is 0 Å². The standard InChI is InChI=1S/C26H31F6N5O4/c27-18-14-20(29)19(28)12-16(18)11-17(33)13-22(38)36-4-5-37-21(15-36)23(34-25(37)26(30,31)32)24(39)41-8-2-1-3-35-6-9-40-10-7-35/h12,14,17H,1-11,13,15,33H2/t17-/m1/s1. The highest BCUT2D eigenvalue weighted by Crippen LogP contribution is 2.33. The van der Waals surface area contributed by atoms with Crippen LogP contribution in [0, 0.1) is 17.5 Å². The number of unbranched alkanes of at least 4 members (excludes halogenated alkanes) is 1. The van der Waals surface area contributed by atoms with Crippen LogP contribution in [0.5, 0.6) is 0 Å². The number of carbonyl (C=O) groups excluding carboxylic acids is 2. The van der Waals surface area contributed by atoms with Crippen LogP contribution in [-0.4, -0.2) is 83.3 Å². The molecule has 9 nitrogen and oxygen atoms in total. The summed E-state index contributed by atoms with van der Waals surface area (Å²) in [6.45, 7) is 2.95. The third-order valence-electron chi connectivity index (χ3n) is 7.02. The highest BCUT2D eigenvalue weighted by Gasteiger charge is 2.42. The average molecular weight is 592 g/mol. The zero-order valence-electron chi connectivity index (χ0n) is 22.2. The van der Waals surface area contributed by atoms with E-state index in [1.165, 1.54) is 4.90 Å². The van der Waals surface area contributed by atoms with Crippen molar-refractivity contribution in [3.63, 3.8) is 0 Å².